The van der Waals surface area contributed by atoms with Gasteiger partial charge in [-0.2, -0.15) is 10.4 Å². The Labute approximate surface area is 179 Å². The molecule has 2 heterocycles. The Bertz CT molecular complexity index is 1400. The molecule has 31 heavy (non-hydrogen) atoms. The third kappa shape index (κ3) is 2.94. The maximum Gasteiger partial charge on any atom is 0.214 e. The first-order valence-corrected chi connectivity index (χ1v) is 9.94. The third-order valence-corrected chi connectivity index (χ3v) is 5.75. The quantitative estimate of drug-likeness (QED) is 0.468. The molecule has 1 aliphatic heterocycles. The third-order valence-electron chi connectivity index (χ3n) is 5.75. The van der Waals surface area contributed by atoms with Gasteiger partial charge in [0.05, 0.1) is 19.9 Å². The van der Waals surface area contributed by atoms with Crippen LogP contribution in [0.15, 0.2) is 54.6 Å². The van der Waals surface area contributed by atoms with Crippen molar-refractivity contribution in [1.82, 2.24) is 9.78 Å². The summed E-state index contributed by atoms with van der Waals surface area (Å²) in [6, 6.07) is 19.4. The van der Waals surface area contributed by atoms with Crippen LogP contribution in [0.2, 0.25) is 0 Å². The number of rotatable bonds is 4. The smallest absolute Gasteiger partial charge is 0.214 e. The maximum absolute atomic E-state index is 13.4. The molecule has 0 unspecified atom stereocenters. The van der Waals surface area contributed by atoms with E-state index >= 15 is 0 Å². The molecule has 0 saturated carbocycles. The normalized spacial score (nSPS) is 12.0. The molecule has 0 fully saturated rings. The molecule has 0 N–H and O–H groups in total. The fourth-order valence-electron chi connectivity index (χ4n) is 4.20. The zero-order chi connectivity index (χ0) is 21.5. The number of benzene rings is 3. The highest BCUT2D eigenvalue weighted by Gasteiger charge is 2.29. The number of methoxy groups -OCH3 is 2. The Morgan fingerprint density at radius 3 is 2.52 bits per heavy atom. The van der Waals surface area contributed by atoms with E-state index in [4.69, 9.17) is 9.47 Å². The van der Waals surface area contributed by atoms with Crippen molar-refractivity contribution in [1.29, 1.82) is 5.26 Å². The van der Waals surface area contributed by atoms with Crippen LogP contribution in [0.1, 0.15) is 27.2 Å². The molecule has 0 amide bonds. The van der Waals surface area contributed by atoms with Crippen molar-refractivity contribution in [3.05, 3.63) is 77.0 Å². The van der Waals surface area contributed by atoms with Crippen LogP contribution in [0.3, 0.4) is 0 Å². The molecule has 6 nitrogen and oxygen atoms in total. The minimum atomic E-state index is -0.258. The van der Waals surface area contributed by atoms with Crippen molar-refractivity contribution < 1.29 is 14.3 Å². The lowest BCUT2D eigenvalue weighted by atomic mass is 9.94. The molecular weight excluding hydrogens is 390 g/mol. The van der Waals surface area contributed by atoms with Gasteiger partial charge in [0.2, 0.25) is 5.78 Å². The topological polar surface area (TPSA) is 77.1 Å². The van der Waals surface area contributed by atoms with Crippen molar-refractivity contribution in [2.24, 2.45) is 0 Å². The summed E-state index contributed by atoms with van der Waals surface area (Å²) in [5.74, 6) is 0.952. The van der Waals surface area contributed by atoms with Crippen molar-refractivity contribution in [3.8, 4) is 28.8 Å². The predicted octanol–water partition coefficient (Wildman–Crippen LogP) is 4.38. The van der Waals surface area contributed by atoms with Crippen LogP contribution in [-0.4, -0.2) is 29.8 Å². The minimum absolute atomic E-state index is 0.176. The van der Waals surface area contributed by atoms with Crippen LogP contribution in [0.25, 0.3) is 22.0 Å². The molecule has 152 valence electrons. The molecular formula is C25H19N3O3. The highest BCUT2D eigenvalue weighted by molar-refractivity contribution is 6.11. The Kier molecular flexibility index (Phi) is 4.45. The molecule has 0 radical (unpaired) electrons. The highest BCUT2D eigenvalue weighted by Crippen LogP contribution is 2.40. The lowest BCUT2D eigenvalue weighted by Gasteiger charge is -2.20. The van der Waals surface area contributed by atoms with E-state index < -0.39 is 0 Å². The summed E-state index contributed by atoms with van der Waals surface area (Å²) in [5, 5.41) is 16.5. The number of carbonyl (C=O) groups excluding carboxylic acids is 1. The van der Waals surface area contributed by atoms with Crippen molar-refractivity contribution in [3.63, 3.8) is 0 Å². The van der Waals surface area contributed by atoms with E-state index in [0.29, 0.717) is 29.3 Å². The second-order valence-electron chi connectivity index (χ2n) is 7.41. The number of hydrogen-bond donors (Lipinski definition) is 0. The van der Waals surface area contributed by atoms with Gasteiger partial charge in [-0.05, 0) is 41.0 Å². The van der Waals surface area contributed by atoms with Crippen LogP contribution in [0, 0.1) is 11.3 Å². The fourth-order valence-corrected chi connectivity index (χ4v) is 4.20. The first kappa shape index (κ1) is 18.9. The first-order chi connectivity index (χ1) is 15.1. The van der Waals surface area contributed by atoms with Gasteiger partial charge in [-0.1, -0.05) is 36.4 Å². The van der Waals surface area contributed by atoms with E-state index in [1.807, 2.05) is 48.5 Å². The lowest BCUT2D eigenvalue weighted by molar-refractivity contribution is 0.103. The summed E-state index contributed by atoms with van der Waals surface area (Å²) in [5.41, 5.74) is 3.49. The molecule has 0 spiro atoms. The Morgan fingerprint density at radius 2 is 1.77 bits per heavy atom. The average molecular weight is 409 g/mol. The summed E-state index contributed by atoms with van der Waals surface area (Å²) >= 11 is 0. The molecule has 4 aromatic rings. The monoisotopic (exact) mass is 409 g/mol. The van der Waals surface area contributed by atoms with Gasteiger partial charge < -0.3 is 9.47 Å². The minimum Gasteiger partial charge on any atom is -0.493 e. The number of carbonyl (C=O) groups is 1. The molecule has 0 bridgehead atoms. The molecule has 5 rings (SSSR count). The summed E-state index contributed by atoms with van der Waals surface area (Å²) in [4.78, 5) is 13.4. The van der Waals surface area contributed by atoms with Crippen LogP contribution in [0.5, 0.6) is 11.5 Å². The van der Waals surface area contributed by atoms with Crippen LogP contribution < -0.4 is 9.47 Å². The SMILES string of the molecule is COc1cc2c(cc1OC)-c1c(C#N)c(C(=O)c3ccc4ccccc4c3)nn1CC2. The van der Waals surface area contributed by atoms with Gasteiger partial charge >= 0.3 is 0 Å². The van der Waals surface area contributed by atoms with E-state index in [0.717, 1.165) is 28.3 Å². The maximum atomic E-state index is 13.4. The molecule has 6 heteroatoms. The zero-order valence-electron chi connectivity index (χ0n) is 17.2. The van der Waals surface area contributed by atoms with E-state index in [1.165, 1.54) is 0 Å². The highest BCUT2D eigenvalue weighted by atomic mass is 16.5. The second-order valence-corrected chi connectivity index (χ2v) is 7.41. The standard InChI is InChI=1S/C25H19N3O3/c1-30-21-12-17-9-10-28-24(19(17)13-22(21)31-2)20(14-26)23(27-28)25(29)18-8-7-15-5-3-4-6-16(15)11-18/h3-8,11-13H,9-10H2,1-2H3. The summed E-state index contributed by atoms with van der Waals surface area (Å²) < 4.78 is 12.6. The van der Waals surface area contributed by atoms with Crippen molar-refractivity contribution >= 4 is 16.6 Å². The number of ketones is 1. The Morgan fingerprint density at radius 1 is 1.03 bits per heavy atom. The Hall–Kier alpha value is -4.11. The van der Waals surface area contributed by atoms with Crippen LogP contribution in [-0.2, 0) is 13.0 Å². The molecule has 1 aliphatic rings. The summed E-state index contributed by atoms with van der Waals surface area (Å²) in [7, 11) is 3.17. The van der Waals surface area contributed by atoms with Crippen LogP contribution >= 0.6 is 0 Å². The average Bonchev–Trinajstić information content (AvgIpc) is 3.21. The van der Waals surface area contributed by atoms with Gasteiger partial charge in [-0.25, -0.2) is 0 Å². The largest absolute Gasteiger partial charge is 0.493 e. The zero-order valence-corrected chi connectivity index (χ0v) is 17.2. The predicted molar refractivity (Wildman–Crippen MR) is 117 cm³/mol. The van der Waals surface area contributed by atoms with E-state index in [1.54, 1.807) is 25.0 Å². The van der Waals surface area contributed by atoms with Crippen LogP contribution in [0.4, 0.5) is 0 Å². The number of aromatic nitrogens is 2. The second kappa shape index (κ2) is 7.29. The molecule has 0 aliphatic carbocycles. The number of aryl methyl sites for hydroxylation is 2. The van der Waals surface area contributed by atoms with Gasteiger partial charge in [0.25, 0.3) is 0 Å². The van der Waals surface area contributed by atoms with E-state index in [9.17, 15) is 10.1 Å². The molecule has 1 aromatic heterocycles. The first-order valence-electron chi connectivity index (χ1n) is 9.94. The fraction of sp³-hybridized carbons (Fsp3) is 0.160. The molecule has 0 atom stereocenters. The number of hydrogen-bond acceptors (Lipinski definition) is 5. The van der Waals surface area contributed by atoms with Gasteiger partial charge in [0.15, 0.2) is 17.2 Å². The lowest BCUT2D eigenvalue weighted by Crippen LogP contribution is -2.13. The van der Waals surface area contributed by atoms with E-state index in [-0.39, 0.29) is 17.0 Å². The number of nitriles is 1. The van der Waals surface area contributed by atoms with Gasteiger partial charge in [0.1, 0.15) is 11.6 Å². The van der Waals surface area contributed by atoms with Crippen molar-refractivity contribution in [2.75, 3.05) is 14.2 Å². The van der Waals surface area contributed by atoms with Gasteiger partial charge in [-0.15, -0.1) is 0 Å². The number of nitrogens with zero attached hydrogens (tertiary/aromatic N) is 3. The molecule has 3 aromatic carbocycles. The number of ether oxygens (including phenoxy) is 2. The van der Waals surface area contributed by atoms with Gasteiger partial charge in [-0.3, -0.25) is 9.48 Å². The summed E-state index contributed by atoms with van der Waals surface area (Å²) in [6.45, 7) is 0.581. The van der Waals surface area contributed by atoms with Gasteiger partial charge in [0, 0.05) is 17.7 Å². The molecule has 0 saturated heterocycles. The Balaban J connectivity index is 1.66. The van der Waals surface area contributed by atoms with Crippen molar-refractivity contribution in [2.45, 2.75) is 13.0 Å². The summed E-state index contributed by atoms with van der Waals surface area (Å²) in [6.07, 6.45) is 0.721. The number of fused-ring (bicyclic) bond motifs is 4. The van der Waals surface area contributed by atoms with E-state index in [2.05, 4.69) is 11.2 Å².